The number of likely N-dealkylation sites (N-methyl/N-ethyl adjacent to an activating group) is 1. The minimum atomic E-state index is -1.02. The van der Waals surface area contributed by atoms with E-state index in [9.17, 15) is 19.7 Å². The van der Waals surface area contributed by atoms with Gasteiger partial charge in [-0.3, -0.25) is 14.9 Å². The summed E-state index contributed by atoms with van der Waals surface area (Å²) in [5, 5.41) is 13.2. The smallest absolute Gasteiger partial charge is 0.346 e. The van der Waals surface area contributed by atoms with Crippen molar-refractivity contribution in [3.63, 3.8) is 0 Å². The summed E-state index contributed by atoms with van der Waals surface area (Å²) in [7, 11) is 1.41. The van der Waals surface area contributed by atoms with Crippen molar-refractivity contribution in [2.45, 2.75) is 20.0 Å². The van der Waals surface area contributed by atoms with Crippen molar-refractivity contribution in [3.05, 3.63) is 39.4 Å². The molecule has 7 nitrogen and oxygen atoms in total. The number of nitrogens with zero attached hydrogens (tertiary/aromatic N) is 1. The van der Waals surface area contributed by atoms with Crippen molar-refractivity contribution in [1.29, 1.82) is 0 Å². The van der Waals surface area contributed by atoms with E-state index in [2.05, 4.69) is 5.32 Å². The van der Waals surface area contributed by atoms with E-state index in [1.165, 1.54) is 26.1 Å². The third kappa shape index (κ3) is 3.27. The molecule has 0 aliphatic heterocycles. The summed E-state index contributed by atoms with van der Waals surface area (Å²) in [5.74, 6) is -1.37. The Kier molecular flexibility index (Phi) is 4.57. The Bertz CT molecular complexity index is 527. The molecule has 0 aromatic heterocycles. The number of nitro groups is 1. The molecule has 0 saturated heterocycles. The van der Waals surface area contributed by atoms with Gasteiger partial charge in [-0.2, -0.15) is 0 Å². The van der Waals surface area contributed by atoms with E-state index in [1.807, 2.05) is 0 Å². The van der Waals surface area contributed by atoms with Gasteiger partial charge in [-0.15, -0.1) is 0 Å². The molecular formula is C12H14N2O5. The van der Waals surface area contributed by atoms with Gasteiger partial charge in [-0.05, 0) is 19.4 Å². The summed E-state index contributed by atoms with van der Waals surface area (Å²) in [6.45, 7) is 2.95. The molecule has 0 spiro atoms. The summed E-state index contributed by atoms with van der Waals surface area (Å²) in [4.78, 5) is 33.4. The van der Waals surface area contributed by atoms with Crippen LogP contribution in [0.4, 0.5) is 5.69 Å². The van der Waals surface area contributed by atoms with Gasteiger partial charge in [0.1, 0.15) is 5.56 Å². The highest BCUT2D eigenvalue weighted by Crippen LogP contribution is 2.23. The molecule has 0 saturated carbocycles. The first-order chi connectivity index (χ1) is 8.88. The molecule has 1 N–H and O–H groups in total. The molecule has 0 fully saturated rings. The van der Waals surface area contributed by atoms with Crippen molar-refractivity contribution < 1.29 is 19.2 Å². The van der Waals surface area contributed by atoms with E-state index in [0.29, 0.717) is 5.56 Å². The third-order valence-electron chi connectivity index (χ3n) is 2.55. The van der Waals surface area contributed by atoms with E-state index >= 15 is 0 Å². The zero-order valence-corrected chi connectivity index (χ0v) is 10.8. The Labute approximate surface area is 109 Å². The monoisotopic (exact) mass is 266 g/mol. The second-order valence-corrected chi connectivity index (χ2v) is 3.89. The minimum absolute atomic E-state index is 0.136. The molecule has 102 valence electrons. The predicted molar refractivity (Wildman–Crippen MR) is 66.8 cm³/mol. The molecular weight excluding hydrogens is 252 g/mol. The number of nitrogens with one attached hydrogen (secondary N) is 1. The number of amides is 1. The number of carbonyl (C=O) groups is 2. The fourth-order valence-corrected chi connectivity index (χ4v) is 1.55. The lowest BCUT2D eigenvalue weighted by Crippen LogP contribution is -2.33. The summed E-state index contributed by atoms with van der Waals surface area (Å²) in [5.41, 5.74) is -0.0549. The highest BCUT2D eigenvalue weighted by Gasteiger charge is 2.26. The molecule has 0 unspecified atom stereocenters. The Hall–Kier alpha value is -2.44. The topological polar surface area (TPSA) is 98.5 Å². The number of rotatable bonds is 4. The highest BCUT2D eigenvalue weighted by atomic mass is 16.6. The molecule has 7 heteroatoms. The number of benzene rings is 1. The van der Waals surface area contributed by atoms with Gasteiger partial charge in [0.25, 0.3) is 11.6 Å². The first-order valence-electron chi connectivity index (χ1n) is 5.55. The van der Waals surface area contributed by atoms with Crippen LogP contribution in [0.25, 0.3) is 0 Å². The van der Waals surface area contributed by atoms with Crippen LogP contribution in [-0.2, 0) is 9.53 Å². The quantitative estimate of drug-likeness (QED) is 0.501. The van der Waals surface area contributed by atoms with Crippen LogP contribution in [0.3, 0.4) is 0 Å². The van der Waals surface area contributed by atoms with E-state index in [4.69, 9.17) is 4.74 Å². The standard InChI is InChI=1S/C12H14N2O5/c1-7-5-4-6-9(14(17)18)10(7)12(16)19-8(2)11(15)13-3/h4-6,8H,1-3H3,(H,13,15)/t8-/m1/s1. The van der Waals surface area contributed by atoms with E-state index in [0.717, 1.165) is 0 Å². The number of hydrogen-bond acceptors (Lipinski definition) is 5. The number of aryl methyl sites for hydroxylation is 1. The van der Waals surface area contributed by atoms with Crippen LogP contribution in [0.15, 0.2) is 18.2 Å². The molecule has 1 rings (SSSR count). The van der Waals surface area contributed by atoms with Gasteiger partial charge in [0.15, 0.2) is 6.10 Å². The van der Waals surface area contributed by atoms with Crippen LogP contribution in [0.5, 0.6) is 0 Å². The van der Waals surface area contributed by atoms with Gasteiger partial charge < -0.3 is 10.1 Å². The summed E-state index contributed by atoms with van der Waals surface area (Å²) >= 11 is 0. The molecule has 1 aromatic rings. The SMILES string of the molecule is CNC(=O)[C@@H](C)OC(=O)c1c(C)cccc1[N+](=O)[O-]. The normalized spacial score (nSPS) is 11.5. The predicted octanol–water partition coefficient (Wildman–Crippen LogP) is 1.19. The maximum atomic E-state index is 11.9. The van der Waals surface area contributed by atoms with Gasteiger partial charge in [0, 0.05) is 13.1 Å². The summed E-state index contributed by atoms with van der Waals surface area (Å²) < 4.78 is 4.91. The second kappa shape index (κ2) is 5.94. The van der Waals surface area contributed by atoms with Gasteiger partial charge in [-0.25, -0.2) is 4.79 Å². The van der Waals surface area contributed by atoms with Gasteiger partial charge >= 0.3 is 5.97 Å². The third-order valence-corrected chi connectivity index (χ3v) is 2.55. The molecule has 0 heterocycles. The largest absolute Gasteiger partial charge is 0.449 e. The number of esters is 1. The molecule has 19 heavy (non-hydrogen) atoms. The molecule has 0 radical (unpaired) electrons. The van der Waals surface area contributed by atoms with Crippen molar-refractivity contribution in [1.82, 2.24) is 5.32 Å². The summed E-state index contributed by atoms with van der Waals surface area (Å²) in [6, 6.07) is 4.26. The first kappa shape index (κ1) is 14.6. The zero-order chi connectivity index (χ0) is 14.6. The number of hydrogen-bond donors (Lipinski definition) is 1. The van der Waals surface area contributed by atoms with E-state index < -0.39 is 22.9 Å². The average Bonchev–Trinajstić information content (AvgIpc) is 2.36. The minimum Gasteiger partial charge on any atom is -0.449 e. The van der Waals surface area contributed by atoms with Crippen LogP contribution < -0.4 is 5.32 Å². The lowest BCUT2D eigenvalue weighted by molar-refractivity contribution is -0.385. The fraction of sp³-hybridized carbons (Fsp3) is 0.333. The van der Waals surface area contributed by atoms with Crippen LogP contribution in [-0.4, -0.2) is 30.0 Å². The number of nitro benzene ring substituents is 1. The maximum absolute atomic E-state index is 11.9. The van der Waals surface area contributed by atoms with Gasteiger partial charge in [0.05, 0.1) is 4.92 Å². The Morgan fingerprint density at radius 3 is 2.58 bits per heavy atom. The maximum Gasteiger partial charge on any atom is 0.346 e. The molecule has 1 atom stereocenters. The molecule has 1 amide bonds. The lowest BCUT2D eigenvalue weighted by Gasteiger charge is -2.12. The van der Waals surface area contributed by atoms with Crippen LogP contribution >= 0.6 is 0 Å². The van der Waals surface area contributed by atoms with Crippen molar-refractivity contribution in [3.8, 4) is 0 Å². The summed E-state index contributed by atoms with van der Waals surface area (Å²) in [6.07, 6.45) is -1.02. The Balaban J connectivity index is 3.06. The Morgan fingerprint density at radius 2 is 2.05 bits per heavy atom. The first-order valence-corrected chi connectivity index (χ1v) is 5.55. The number of ether oxygens (including phenoxy) is 1. The number of carbonyl (C=O) groups excluding carboxylic acids is 2. The lowest BCUT2D eigenvalue weighted by atomic mass is 10.1. The van der Waals surface area contributed by atoms with Gasteiger partial charge in [-0.1, -0.05) is 12.1 Å². The fourth-order valence-electron chi connectivity index (χ4n) is 1.55. The Morgan fingerprint density at radius 1 is 1.42 bits per heavy atom. The molecule has 0 aliphatic rings. The van der Waals surface area contributed by atoms with Crippen molar-refractivity contribution in [2.24, 2.45) is 0 Å². The van der Waals surface area contributed by atoms with Crippen LogP contribution in [0.2, 0.25) is 0 Å². The molecule has 0 aliphatic carbocycles. The van der Waals surface area contributed by atoms with Gasteiger partial charge in [0.2, 0.25) is 0 Å². The average molecular weight is 266 g/mol. The van der Waals surface area contributed by atoms with E-state index in [-0.39, 0.29) is 11.3 Å². The second-order valence-electron chi connectivity index (χ2n) is 3.89. The van der Waals surface area contributed by atoms with Crippen molar-refractivity contribution in [2.75, 3.05) is 7.05 Å². The van der Waals surface area contributed by atoms with Crippen molar-refractivity contribution >= 4 is 17.6 Å². The van der Waals surface area contributed by atoms with E-state index in [1.54, 1.807) is 13.0 Å². The molecule has 0 bridgehead atoms. The molecule has 1 aromatic carbocycles. The van der Waals surface area contributed by atoms with Crippen LogP contribution in [0, 0.1) is 17.0 Å². The highest BCUT2D eigenvalue weighted by molar-refractivity contribution is 5.97. The zero-order valence-electron chi connectivity index (χ0n) is 10.8. The van der Waals surface area contributed by atoms with Crippen LogP contribution in [0.1, 0.15) is 22.8 Å².